The predicted octanol–water partition coefficient (Wildman–Crippen LogP) is 4.53. The molecule has 122 valence electrons. The van der Waals surface area contributed by atoms with E-state index >= 15 is 0 Å². The average molecular weight is 403 g/mol. The molecule has 0 bridgehead atoms. The van der Waals surface area contributed by atoms with E-state index in [-0.39, 0.29) is 5.91 Å². The van der Waals surface area contributed by atoms with Crippen molar-refractivity contribution in [3.05, 3.63) is 64.4 Å². The number of hydrogen-bond donors (Lipinski definition) is 2. The van der Waals surface area contributed by atoms with Gasteiger partial charge in [-0.15, -0.1) is 0 Å². The fourth-order valence-electron chi connectivity index (χ4n) is 2.05. The zero-order valence-electron chi connectivity index (χ0n) is 12.9. The zero-order valence-corrected chi connectivity index (χ0v) is 15.3. The highest BCUT2D eigenvalue weighted by molar-refractivity contribution is 9.10. The van der Waals surface area contributed by atoms with E-state index in [2.05, 4.69) is 36.4 Å². The van der Waals surface area contributed by atoms with Gasteiger partial charge in [0.05, 0.1) is 5.56 Å². The first-order chi connectivity index (χ1) is 11.7. The van der Waals surface area contributed by atoms with Crippen LogP contribution in [0.4, 0.5) is 5.82 Å². The number of hydrogen-bond acceptors (Lipinski definition) is 4. The number of amides is 1. The Kier molecular flexibility index (Phi) is 5.32. The smallest absolute Gasteiger partial charge is 0.259 e. The van der Waals surface area contributed by atoms with Gasteiger partial charge < -0.3 is 5.32 Å². The molecule has 0 saturated heterocycles. The van der Waals surface area contributed by atoms with Crippen molar-refractivity contribution in [1.29, 1.82) is 0 Å². The Morgan fingerprint density at radius 2 is 2.08 bits per heavy atom. The number of carbonyl (C=O) groups excluding carboxylic acids is 1. The standard InChI is InChI=1S/C17H15BrN4OS/c1-2-12-10-15(22-21-12)20-16(23)14-4-3-9-19-17(14)24-13-7-5-11(18)6-8-13/h3-10H,2H2,1H3,(H2,20,21,22,23). The van der Waals surface area contributed by atoms with Gasteiger partial charge in [-0.05, 0) is 42.8 Å². The number of aryl methyl sites for hydroxylation is 1. The van der Waals surface area contributed by atoms with Crippen LogP contribution in [0.2, 0.25) is 0 Å². The molecule has 0 aliphatic heterocycles. The van der Waals surface area contributed by atoms with Gasteiger partial charge >= 0.3 is 0 Å². The third-order valence-electron chi connectivity index (χ3n) is 3.30. The van der Waals surface area contributed by atoms with Gasteiger partial charge in [0.25, 0.3) is 5.91 Å². The molecule has 24 heavy (non-hydrogen) atoms. The fourth-order valence-corrected chi connectivity index (χ4v) is 3.19. The summed E-state index contributed by atoms with van der Waals surface area (Å²) in [6, 6.07) is 13.2. The Morgan fingerprint density at radius 3 is 2.79 bits per heavy atom. The lowest BCUT2D eigenvalue weighted by molar-refractivity contribution is 0.102. The number of anilines is 1. The van der Waals surface area contributed by atoms with E-state index in [9.17, 15) is 4.79 Å². The third kappa shape index (κ3) is 4.04. The first-order valence-electron chi connectivity index (χ1n) is 7.40. The number of nitrogens with one attached hydrogen (secondary N) is 2. The molecule has 0 radical (unpaired) electrons. The second kappa shape index (κ2) is 7.63. The highest BCUT2D eigenvalue weighted by Crippen LogP contribution is 2.29. The van der Waals surface area contributed by atoms with Crippen molar-refractivity contribution < 1.29 is 4.79 Å². The maximum Gasteiger partial charge on any atom is 0.259 e. The molecule has 7 heteroatoms. The van der Waals surface area contributed by atoms with E-state index in [1.165, 1.54) is 11.8 Å². The minimum absolute atomic E-state index is 0.225. The summed E-state index contributed by atoms with van der Waals surface area (Å²) in [6.45, 7) is 2.02. The minimum atomic E-state index is -0.225. The number of rotatable bonds is 5. The van der Waals surface area contributed by atoms with Gasteiger partial charge in [0.2, 0.25) is 0 Å². The van der Waals surface area contributed by atoms with Crippen LogP contribution in [-0.4, -0.2) is 21.1 Å². The summed E-state index contributed by atoms with van der Waals surface area (Å²) < 4.78 is 1.01. The molecule has 1 amide bonds. The summed E-state index contributed by atoms with van der Waals surface area (Å²) in [5.41, 5.74) is 1.49. The molecule has 3 aromatic rings. The quantitative estimate of drug-likeness (QED) is 0.657. The van der Waals surface area contributed by atoms with Crippen LogP contribution in [-0.2, 0) is 6.42 Å². The van der Waals surface area contributed by atoms with Crippen LogP contribution >= 0.6 is 27.7 Å². The molecule has 0 atom stereocenters. The SMILES string of the molecule is CCc1cc(NC(=O)c2cccnc2Sc2ccc(Br)cc2)n[nH]1. The van der Waals surface area contributed by atoms with Crippen LogP contribution in [0.3, 0.4) is 0 Å². The van der Waals surface area contributed by atoms with Crippen molar-refractivity contribution in [1.82, 2.24) is 15.2 Å². The molecule has 0 fully saturated rings. The second-order valence-corrected chi connectivity index (χ2v) is 6.98. The number of aromatic nitrogens is 3. The van der Waals surface area contributed by atoms with Crippen LogP contribution in [0.5, 0.6) is 0 Å². The Hall–Kier alpha value is -2.12. The van der Waals surface area contributed by atoms with Gasteiger partial charge in [0.15, 0.2) is 5.82 Å². The fraction of sp³-hybridized carbons (Fsp3) is 0.118. The largest absolute Gasteiger partial charge is 0.305 e. The third-order valence-corrected chi connectivity index (χ3v) is 4.85. The summed E-state index contributed by atoms with van der Waals surface area (Å²) in [4.78, 5) is 17.9. The molecule has 2 heterocycles. The zero-order chi connectivity index (χ0) is 16.9. The van der Waals surface area contributed by atoms with Crippen LogP contribution < -0.4 is 5.32 Å². The van der Waals surface area contributed by atoms with E-state index in [1.54, 1.807) is 18.3 Å². The monoisotopic (exact) mass is 402 g/mol. The maximum absolute atomic E-state index is 12.6. The van der Waals surface area contributed by atoms with Gasteiger partial charge in [-0.2, -0.15) is 5.10 Å². The molecule has 0 unspecified atom stereocenters. The van der Waals surface area contributed by atoms with E-state index in [0.717, 1.165) is 21.5 Å². The van der Waals surface area contributed by atoms with E-state index in [4.69, 9.17) is 0 Å². The van der Waals surface area contributed by atoms with Crippen molar-refractivity contribution in [3.63, 3.8) is 0 Å². The number of pyridine rings is 1. The normalized spacial score (nSPS) is 10.6. The van der Waals surface area contributed by atoms with Crippen LogP contribution in [0.25, 0.3) is 0 Å². The van der Waals surface area contributed by atoms with Gasteiger partial charge in [-0.3, -0.25) is 9.89 Å². The van der Waals surface area contributed by atoms with Crippen LogP contribution in [0.15, 0.2) is 63.1 Å². The summed E-state index contributed by atoms with van der Waals surface area (Å²) in [7, 11) is 0. The molecule has 0 saturated carbocycles. The number of benzene rings is 1. The van der Waals surface area contributed by atoms with Crippen molar-refractivity contribution >= 4 is 39.4 Å². The molecule has 2 aromatic heterocycles. The summed E-state index contributed by atoms with van der Waals surface area (Å²) in [5.74, 6) is 0.289. The molecule has 3 rings (SSSR count). The number of halogens is 1. The van der Waals surface area contributed by atoms with Gasteiger partial charge in [-0.25, -0.2) is 4.98 Å². The number of H-pyrrole nitrogens is 1. The van der Waals surface area contributed by atoms with Crippen LogP contribution in [0, 0.1) is 0 Å². The lowest BCUT2D eigenvalue weighted by Gasteiger charge is -2.07. The molecule has 5 nitrogen and oxygen atoms in total. The molecule has 1 aromatic carbocycles. The van der Waals surface area contributed by atoms with Gasteiger partial charge in [-0.1, -0.05) is 34.6 Å². The van der Waals surface area contributed by atoms with Crippen molar-refractivity contribution in [3.8, 4) is 0 Å². The summed E-state index contributed by atoms with van der Waals surface area (Å²) >= 11 is 4.87. The lowest BCUT2D eigenvalue weighted by Crippen LogP contribution is -2.13. The number of carbonyl (C=O) groups is 1. The minimum Gasteiger partial charge on any atom is -0.305 e. The van der Waals surface area contributed by atoms with E-state index < -0.39 is 0 Å². The molecule has 2 N–H and O–H groups in total. The lowest BCUT2D eigenvalue weighted by atomic mass is 10.2. The average Bonchev–Trinajstić information content (AvgIpc) is 3.05. The number of aromatic amines is 1. The first-order valence-corrected chi connectivity index (χ1v) is 9.00. The topological polar surface area (TPSA) is 70.7 Å². The van der Waals surface area contributed by atoms with Crippen molar-refractivity contribution in [2.75, 3.05) is 5.32 Å². The predicted molar refractivity (Wildman–Crippen MR) is 98.4 cm³/mol. The van der Waals surface area contributed by atoms with Crippen molar-refractivity contribution in [2.24, 2.45) is 0 Å². The first kappa shape index (κ1) is 16.7. The Balaban J connectivity index is 1.80. The van der Waals surface area contributed by atoms with E-state index in [1.807, 2.05) is 37.3 Å². The Bertz CT molecular complexity index is 848. The molecular formula is C17H15BrN4OS. The maximum atomic E-state index is 12.6. The van der Waals surface area contributed by atoms with E-state index in [0.29, 0.717) is 16.4 Å². The van der Waals surface area contributed by atoms with Gasteiger partial charge in [0, 0.05) is 27.3 Å². The molecule has 0 aliphatic rings. The molecular weight excluding hydrogens is 388 g/mol. The van der Waals surface area contributed by atoms with Crippen molar-refractivity contribution in [2.45, 2.75) is 23.3 Å². The highest BCUT2D eigenvalue weighted by Gasteiger charge is 2.15. The van der Waals surface area contributed by atoms with Crippen LogP contribution in [0.1, 0.15) is 23.0 Å². The Morgan fingerprint density at radius 1 is 1.29 bits per heavy atom. The summed E-state index contributed by atoms with van der Waals surface area (Å²) in [6.07, 6.45) is 2.52. The molecule has 0 aliphatic carbocycles. The summed E-state index contributed by atoms with van der Waals surface area (Å²) in [5, 5.41) is 10.4. The second-order valence-electron chi connectivity index (χ2n) is 5.00. The number of nitrogens with zero attached hydrogens (tertiary/aromatic N) is 2. The molecule has 0 spiro atoms. The highest BCUT2D eigenvalue weighted by atomic mass is 79.9. The Labute approximate surface area is 152 Å². The van der Waals surface area contributed by atoms with Gasteiger partial charge in [0.1, 0.15) is 5.03 Å².